The fraction of sp³-hybridized carbons (Fsp3) is 0.350. The predicted octanol–water partition coefficient (Wildman–Crippen LogP) is 3.81. The first-order valence-corrected chi connectivity index (χ1v) is 11.7. The standard InChI is InChI=1S/C20H25NO3S3/c1-21(2,13-6-14-27(22,23)24)15-17-9-11-18(12-10-17)16-26-20(25)19-7-4-3-5-8-19/h3-5,7-12H,6,13-16H2,1-2H3. The summed E-state index contributed by atoms with van der Waals surface area (Å²) in [6.45, 7) is 1.43. The lowest BCUT2D eigenvalue weighted by atomic mass is 10.1. The van der Waals surface area contributed by atoms with E-state index in [-0.39, 0.29) is 5.75 Å². The number of benzene rings is 2. The fourth-order valence-corrected chi connectivity index (χ4v) is 4.38. The first-order chi connectivity index (χ1) is 12.6. The van der Waals surface area contributed by atoms with E-state index < -0.39 is 10.1 Å². The highest BCUT2D eigenvalue weighted by atomic mass is 32.2. The zero-order valence-corrected chi connectivity index (χ0v) is 18.1. The second-order valence-corrected chi connectivity index (χ2v) is 10.4. The third-order valence-corrected chi connectivity index (χ3v) is 6.52. The van der Waals surface area contributed by atoms with E-state index in [0.29, 0.717) is 17.4 Å². The second kappa shape index (κ2) is 9.80. The van der Waals surface area contributed by atoms with Crippen molar-refractivity contribution in [2.24, 2.45) is 0 Å². The molecule has 146 valence electrons. The Morgan fingerprint density at radius 1 is 1.04 bits per heavy atom. The summed E-state index contributed by atoms with van der Waals surface area (Å²) in [5.74, 6) is 0.528. The van der Waals surface area contributed by atoms with Gasteiger partial charge in [0.1, 0.15) is 6.54 Å². The highest BCUT2D eigenvalue weighted by molar-refractivity contribution is 8.23. The summed E-state index contributed by atoms with van der Waals surface area (Å²) in [4.78, 5) is 0. The van der Waals surface area contributed by atoms with Gasteiger partial charge in [0.2, 0.25) is 0 Å². The molecule has 7 heteroatoms. The highest BCUT2D eigenvalue weighted by Crippen LogP contribution is 2.20. The van der Waals surface area contributed by atoms with Crippen LogP contribution in [-0.4, -0.2) is 48.0 Å². The molecule has 0 aliphatic rings. The van der Waals surface area contributed by atoms with Crippen molar-refractivity contribution in [2.75, 3.05) is 26.4 Å². The van der Waals surface area contributed by atoms with E-state index in [1.54, 1.807) is 11.8 Å². The van der Waals surface area contributed by atoms with Crippen LogP contribution in [0.4, 0.5) is 0 Å². The Bertz CT molecular complexity index is 848. The van der Waals surface area contributed by atoms with Crippen LogP contribution in [0.2, 0.25) is 0 Å². The summed E-state index contributed by atoms with van der Waals surface area (Å²) >= 11 is 7.14. The van der Waals surface area contributed by atoms with Gasteiger partial charge in [0.25, 0.3) is 0 Å². The zero-order chi connectivity index (χ0) is 19.9. The van der Waals surface area contributed by atoms with Crippen LogP contribution in [0.25, 0.3) is 0 Å². The van der Waals surface area contributed by atoms with Crippen LogP contribution >= 0.6 is 24.0 Å². The normalized spacial score (nSPS) is 12.1. The molecular formula is C20H25NO3S3. The molecule has 0 N–H and O–H groups in total. The molecule has 0 heterocycles. The Hall–Kier alpha value is -1.25. The molecule has 2 rings (SSSR count). The van der Waals surface area contributed by atoms with Crippen molar-refractivity contribution in [3.05, 3.63) is 71.3 Å². The molecule has 2 aromatic carbocycles. The van der Waals surface area contributed by atoms with Gasteiger partial charge in [-0.25, -0.2) is 8.42 Å². The van der Waals surface area contributed by atoms with E-state index >= 15 is 0 Å². The SMILES string of the molecule is C[N+](C)(CCCS(=O)(=O)[O-])Cc1ccc(CSC(=S)c2ccccc2)cc1. The van der Waals surface area contributed by atoms with Crippen molar-refractivity contribution in [3.8, 4) is 0 Å². The van der Waals surface area contributed by atoms with Crippen LogP contribution in [0.15, 0.2) is 54.6 Å². The molecule has 0 saturated heterocycles. The smallest absolute Gasteiger partial charge is 0.104 e. The fourth-order valence-electron chi connectivity index (χ4n) is 2.79. The average molecular weight is 424 g/mol. The summed E-state index contributed by atoms with van der Waals surface area (Å²) in [6.07, 6.45) is 0.379. The maximum absolute atomic E-state index is 10.7. The first-order valence-electron chi connectivity index (χ1n) is 8.70. The summed E-state index contributed by atoms with van der Waals surface area (Å²) < 4.78 is 33.8. The first kappa shape index (κ1) is 22.0. The summed E-state index contributed by atoms with van der Waals surface area (Å²) in [7, 11) is -0.0491. The Morgan fingerprint density at radius 3 is 2.22 bits per heavy atom. The van der Waals surface area contributed by atoms with Crippen LogP contribution < -0.4 is 0 Å². The maximum atomic E-state index is 10.7. The lowest BCUT2D eigenvalue weighted by Gasteiger charge is -2.30. The number of hydrogen-bond acceptors (Lipinski definition) is 5. The Kier molecular flexibility index (Phi) is 8.00. The van der Waals surface area contributed by atoms with Gasteiger partial charge in [0.15, 0.2) is 0 Å². The van der Waals surface area contributed by atoms with Gasteiger partial charge >= 0.3 is 0 Å². The topological polar surface area (TPSA) is 57.2 Å². The summed E-state index contributed by atoms with van der Waals surface area (Å²) in [6, 6.07) is 18.4. The van der Waals surface area contributed by atoms with Gasteiger partial charge in [-0.2, -0.15) is 0 Å². The van der Waals surface area contributed by atoms with E-state index in [9.17, 15) is 13.0 Å². The van der Waals surface area contributed by atoms with E-state index in [1.165, 1.54) is 11.1 Å². The molecular weight excluding hydrogens is 398 g/mol. The van der Waals surface area contributed by atoms with Gasteiger partial charge in [-0.3, -0.25) is 0 Å². The molecule has 2 aromatic rings. The molecule has 0 fully saturated rings. The van der Waals surface area contributed by atoms with Crippen LogP contribution in [0, 0.1) is 0 Å². The van der Waals surface area contributed by atoms with Gasteiger partial charge < -0.3 is 9.04 Å². The summed E-state index contributed by atoms with van der Waals surface area (Å²) in [5.41, 5.74) is 3.47. The number of quaternary nitrogens is 1. The van der Waals surface area contributed by atoms with E-state index in [1.807, 2.05) is 44.4 Å². The molecule has 0 aliphatic carbocycles. The highest BCUT2D eigenvalue weighted by Gasteiger charge is 2.16. The quantitative estimate of drug-likeness (QED) is 0.349. The van der Waals surface area contributed by atoms with Crippen molar-refractivity contribution in [1.29, 1.82) is 0 Å². The van der Waals surface area contributed by atoms with Crippen LogP contribution in [0.3, 0.4) is 0 Å². The molecule has 4 nitrogen and oxygen atoms in total. The van der Waals surface area contributed by atoms with Gasteiger partial charge in [-0.15, -0.1) is 11.8 Å². The molecule has 0 aromatic heterocycles. The number of thioether (sulfide) groups is 1. The largest absolute Gasteiger partial charge is 0.748 e. The van der Waals surface area contributed by atoms with Crippen molar-refractivity contribution in [2.45, 2.75) is 18.7 Å². The number of thiocarbonyl (C=S) groups is 1. The van der Waals surface area contributed by atoms with Crippen molar-refractivity contribution >= 4 is 38.3 Å². The third-order valence-electron chi connectivity index (χ3n) is 4.17. The van der Waals surface area contributed by atoms with E-state index in [2.05, 4.69) is 24.3 Å². The molecule has 0 bridgehead atoms. The molecule has 0 aliphatic heterocycles. The van der Waals surface area contributed by atoms with E-state index in [0.717, 1.165) is 22.1 Å². The van der Waals surface area contributed by atoms with Gasteiger partial charge in [0.05, 0.1) is 35.0 Å². The number of rotatable bonds is 9. The molecule has 0 saturated carbocycles. The van der Waals surface area contributed by atoms with Crippen molar-refractivity contribution < 1.29 is 17.5 Å². The molecule has 0 unspecified atom stereocenters. The van der Waals surface area contributed by atoms with Crippen LogP contribution in [-0.2, 0) is 22.4 Å². The minimum Gasteiger partial charge on any atom is -0.748 e. The third kappa shape index (κ3) is 8.53. The average Bonchev–Trinajstić information content (AvgIpc) is 2.60. The Balaban J connectivity index is 1.84. The van der Waals surface area contributed by atoms with Crippen LogP contribution in [0.5, 0.6) is 0 Å². The molecule has 0 spiro atoms. The van der Waals surface area contributed by atoms with Gasteiger partial charge in [-0.05, 0) is 11.1 Å². The zero-order valence-electron chi connectivity index (χ0n) is 15.6. The summed E-state index contributed by atoms with van der Waals surface area (Å²) in [5, 5.41) is 0. The lowest BCUT2D eigenvalue weighted by Crippen LogP contribution is -2.40. The van der Waals surface area contributed by atoms with Gasteiger partial charge in [-0.1, -0.05) is 66.8 Å². The number of nitrogens with zero attached hydrogens (tertiary/aromatic N) is 1. The molecule has 27 heavy (non-hydrogen) atoms. The molecule has 0 amide bonds. The Labute approximate surface area is 171 Å². The maximum Gasteiger partial charge on any atom is 0.104 e. The number of hydrogen-bond donors (Lipinski definition) is 0. The minimum atomic E-state index is -4.13. The molecule has 0 atom stereocenters. The second-order valence-electron chi connectivity index (χ2n) is 7.19. The van der Waals surface area contributed by atoms with Gasteiger partial charge in [0, 0.05) is 23.5 Å². The van der Waals surface area contributed by atoms with Crippen molar-refractivity contribution in [3.63, 3.8) is 0 Å². The van der Waals surface area contributed by atoms with Crippen molar-refractivity contribution in [1.82, 2.24) is 0 Å². The minimum absolute atomic E-state index is 0.299. The predicted molar refractivity (Wildman–Crippen MR) is 116 cm³/mol. The molecule has 0 radical (unpaired) electrons. The Morgan fingerprint density at radius 2 is 1.63 bits per heavy atom. The lowest BCUT2D eigenvalue weighted by molar-refractivity contribution is -0.903. The monoisotopic (exact) mass is 423 g/mol. The van der Waals surface area contributed by atoms with E-state index in [4.69, 9.17) is 12.2 Å². The van der Waals surface area contributed by atoms with Crippen LogP contribution in [0.1, 0.15) is 23.1 Å².